The molecule has 0 atom stereocenters. The monoisotopic (exact) mass is 1210 g/mol. The number of aromatic amines is 3. The van der Waals surface area contributed by atoms with Crippen LogP contribution in [0.25, 0.3) is 0 Å². The molecule has 5 aromatic heterocycles. The van der Waals surface area contributed by atoms with Gasteiger partial charge in [0.2, 0.25) is 47.2 Å². The van der Waals surface area contributed by atoms with Crippen LogP contribution in [0.15, 0.2) is 43.1 Å². The lowest BCUT2D eigenvalue weighted by Crippen LogP contribution is -2.33. The van der Waals surface area contributed by atoms with Crippen molar-refractivity contribution < 1.29 is 43.2 Å². The molecule has 87 heavy (non-hydrogen) atoms. The molecule has 0 saturated carbocycles. The van der Waals surface area contributed by atoms with Gasteiger partial charge in [-0.1, -0.05) is 84.0 Å². The molecule has 5 rings (SSSR count). The van der Waals surface area contributed by atoms with Gasteiger partial charge in [0.25, 0.3) is 11.8 Å². The number of anilines is 5. The van der Waals surface area contributed by atoms with Crippen LogP contribution in [0.3, 0.4) is 0 Å². The predicted octanol–water partition coefficient (Wildman–Crippen LogP) is 4.67. The van der Waals surface area contributed by atoms with Gasteiger partial charge in [-0.25, -0.2) is 15.0 Å². The summed E-state index contributed by atoms with van der Waals surface area (Å²) in [5.41, 5.74) is 7.01. The molecule has 5 aromatic rings. The van der Waals surface area contributed by atoms with Crippen molar-refractivity contribution in [1.82, 2.24) is 65.2 Å². The third kappa shape index (κ3) is 27.5. The minimum atomic E-state index is -0.535. The highest BCUT2D eigenvalue weighted by atomic mass is 16.2. The Labute approximate surface area is 508 Å². The molecule has 0 aromatic carbocycles. The first kappa shape index (κ1) is 69.1. The van der Waals surface area contributed by atoms with E-state index in [0.717, 1.165) is 45.2 Å². The number of nitrogens with zero attached hydrogens (tertiary/aromatic N) is 6. The molecular formula is C59H91N19O9. The van der Waals surface area contributed by atoms with Gasteiger partial charge in [-0.3, -0.25) is 43.2 Å². The maximum absolute atomic E-state index is 13.2. The topological polar surface area (TPSA) is 387 Å². The second-order valence-corrected chi connectivity index (χ2v) is 21.7. The zero-order valence-corrected chi connectivity index (χ0v) is 51.0. The Hall–Kier alpha value is -8.66. The molecule has 14 N–H and O–H groups in total. The van der Waals surface area contributed by atoms with Crippen LogP contribution in [-0.2, 0) is 66.9 Å². The van der Waals surface area contributed by atoms with Crippen LogP contribution in [0.4, 0.5) is 28.8 Å². The van der Waals surface area contributed by atoms with E-state index in [9.17, 15) is 43.2 Å². The molecule has 0 aliphatic heterocycles. The van der Waals surface area contributed by atoms with Crippen molar-refractivity contribution in [2.24, 2.45) is 19.8 Å². The smallest absolute Gasteiger partial charge is 0.291 e. The van der Waals surface area contributed by atoms with Gasteiger partial charge in [-0.15, -0.1) is 0 Å². The molecule has 0 fully saturated rings. The van der Waals surface area contributed by atoms with E-state index < -0.39 is 29.5 Å². The van der Waals surface area contributed by atoms with Crippen LogP contribution in [-0.4, -0.2) is 150 Å². The number of hydrogen-bond acceptors (Lipinski definition) is 14. The van der Waals surface area contributed by atoms with Crippen molar-refractivity contribution in [2.45, 2.75) is 148 Å². The third-order valence-corrected chi connectivity index (χ3v) is 13.9. The molecule has 0 bridgehead atoms. The van der Waals surface area contributed by atoms with E-state index in [0.29, 0.717) is 42.4 Å². The highest BCUT2D eigenvalue weighted by Crippen LogP contribution is 2.18. The molecule has 5 heterocycles. The minimum absolute atomic E-state index is 0.0169. The van der Waals surface area contributed by atoms with Crippen LogP contribution in [0.5, 0.6) is 0 Å². The van der Waals surface area contributed by atoms with E-state index in [1.807, 2.05) is 7.05 Å². The van der Waals surface area contributed by atoms with Crippen LogP contribution in [0.2, 0.25) is 0 Å². The van der Waals surface area contributed by atoms with Crippen LogP contribution >= 0.6 is 0 Å². The Bertz CT molecular complexity index is 2990. The quantitative estimate of drug-likeness (QED) is 0.0236. The van der Waals surface area contributed by atoms with Gasteiger partial charge in [0.1, 0.15) is 17.3 Å². The van der Waals surface area contributed by atoms with E-state index in [4.69, 9.17) is 5.73 Å². The second kappa shape index (κ2) is 38.4. The van der Waals surface area contributed by atoms with Gasteiger partial charge >= 0.3 is 0 Å². The van der Waals surface area contributed by atoms with Crippen LogP contribution in [0.1, 0.15) is 167 Å². The minimum Gasteiger partial charge on any atom is -0.363 e. The number of hydrogen-bond donors (Lipinski definition) is 13. The number of amides is 9. The summed E-state index contributed by atoms with van der Waals surface area (Å²) in [6.07, 6.45) is 25.2. The average molecular weight is 1210 g/mol. The molecule has 0 spiro atoms. The van der Waals surface area contributed by atoms with Crippen molar-refractivity contribution in [2.75, 3.05) is 79.4 Å². The van der Waals surface area contributed by atoms with Crippen molar-refractivity contribution >= 4 is 82.0 Å². The summed E-state index contributed by atoms with van der Waals surface area (Å²) in [6, 6.07) is 3.09. The maximum Gasteiger partial charge on any atom is 0.291 e. The fourth-order valence-electron chi connectivity index (χ4n) is 9.31. The first-order valence-corrected chi connectivity index (χ1v) is 30.4. The first-order chi connectivity index (χ1) is 42.0. The van der Waals surface area contributed by atoms with Crippen molar-refractivity contribution in [3.63, 3.8) is 0 Å². The summed E-state index contributed by atoms with van der Waals surface area (Å²) in [7, 11) is 5.30. The molecular weight excluding hydrogens is 1120 g/mol. The maximum atomic E-state index is 13.2. The van der Waals surface area contributed by atoms with E-state index in [2.05, 4.69) is 89.6 Å². The highest BCUT2D eigenvalue weighted by Gasteiger charge is 2.20. The van der Waals surface area contributed by atoms with E-state index >= 15 is 0 Å². The van der Waals surface area contributed by atoms with Crippen molar-refractivity contribution in [3.05, 3.63) is 72.0 Å². The number of nitrogens with one attached hydrogen (secondary N) is 12. The molecule has 28 heteroatoms. The summed E-state index contributed by atoms with van der Waals surface area (Å²) in [5.74, 6) is -2.02. The molecule has 28 nitrogen and oxygen atoms in total. The molecule has 0 aliphatic carbocycles. The Morgan fingerprint density at radius 2 is 1.00 bits per heavy atom. The third-order valence-electron chi connectivity index (χ3n) is 13.9. The Morgan fingerprint density at radius 1 is 0.471 bits per heavy atom. The summed E-state index contributed by atoms with van der Waals surface area (Å²) < 4.78 is 3.05. The fraction of sp³-hybridized carbons (Fsp3) is 0.559. The zero-order valence-electron chi connectivity index (χ0n) is 51.0. The number of imidazole rings is 3. The number of carbonyl (C=O) groups is 9. The van der Waals surface area contributed by atoms with E-state index in [1.165, 1.54) is 98.0 Å². The normalized spacial score (nSPS) is 11.1. The van der Waals surface area contributed by atoms with Crippen LogP contribution in [0, 0.1) is 0 Å². The van der Waals surface area contributed by atoms with Crippen LogP contribution < -0.4 is 53.6 Å². The highest BCUT2D eigenvalue weighted by molar-refractivity contribution is 6.04. The number of aromatic nitrogens is 8. The standard InChI is InChI=1S/C59H91N19O9/c1-5-6-7-8-9-10-11-12-13-14-15-16-17-20-51(80)74-49-40-78(4)57(75-49)59(87)69-43-32-44(77(3)39-43)58(86)64-28-23-53(82)73-48-38-67-46(71-48)35-56(85)68-42-31-41(65-36-42)33-54(83)62-27-22-52(81)72-47-37-66-45(70-47)34-55(84)63-26-21-50(79)61-25-19-30-76(2)29-18-24-60/h31-32,36-40,65H,5-30,33-35,60H2,1-4H3,(H,61,79)(H,62,83)(H,63,84)(H,64,86)(H,66,70)(H,67,71)(H,68,85)(H,69,87)(H,72,81)(H,73,82)(H,74,80). The lowest BCUT2D eigenvalue weighted by Gasteiger charge is -2.15. The molecule has 0 radical (unpaired) electrons. The Balaban J connectivity index is 0.895. The Morgan fingerprint density at radius 3 is 1.62 bits per heavy atom. The number of carbonyl (C=O) groups excluding carboxylic acids is 9. The summed E-state index contributed by atoms with van der Waals surface area (Å²) in [6.45, 7) is 5.36. The van der Waals surface area contributed by atoms with Gasteiger partial charge in [0.15, 0.2) is 17.5 Å². The summed E-state index contributed by atoms with van der Waals surface area (Å²) in [4.78, 5) is 138. The van der Waals surface area contributed by atoms with Gasteiger partial charge in [0, 0.05) is 103 Å². The number of H-pyrrole nitrogens is 3. The average Bonchev–Trinajstić information content (AvgIpc) is 3.77. The van der Waals surface area contributed by atoms with Crippen molar-refractivity contribution in [3.8, 4) is 0 Å². The molecule has 0 saturated heterocycles. The second-order valence-electron chi connectivity index (χ2n) is 21.7. The molecule has 0 aliphatic rings. The summed E-state index contributed by atoms with van der Waals surface area (Å²) in [5, 5.41) is 24.4. The van der Waals surface area contributed by atoms with Gasteiger partial charge in [0.05, 0.1) is 30.6 Å². The van der Waals surface area contributed by atoms with Gasteiger partial charge < -0.3 is 82.6 Å². The van der Waals surface area contributed by atoms with Gasteiger partial charge in [-0.05, 0) is 58.1 Å². The lowest BCUT2D eigenvalue weighted by atomic mass is 10.0. The largest absolute Gasteiger partial charge is 0.363 e. The summed E-state index contributed by atoms with van der Waals surface area (Å²) >= 11 is 0. The molecule has 0 unspecified atom stereocenters. The number of aryl methyl sites for hydroxylation is 2. The lowest BCUT2D eigenvalue weighted by molar-refractivity contribution is -0.123. The SMILES string of the molecule is CCCCCCCCCCCCCCCC(=O)Nc1cn(C)c(C(=O)Nc2cc(C(=O)NCCC(=O)Nc3c[nH]c(CC(=O)Nc4c[nH]c(CC(=O)NCCC(=O)Nc5c[nH]c(CC(=O)NCCC(=O)NCCCN(C)CCCN)n5)c4)n3)n(C)c2)n1. The number of nitrogens with two attached hydrogens (primary N) is 1. The molecule has 9 amide bonds. The van der Waals surface area contributed by atoms with Gasteiger partial charge in [-0.2, -0.15) is 0 Å². The zero-order chi connectivity index (χ0) is 62.8. The fourth-order valence-corrected chi connectivity index (χ4v) is 9.31. The number of rotatable bonds is 43. The predicted molar refractivity (Wildman–Crippen MR) is 331 cm³/mol. The van der Waals surface area contributed by atoms with E-state index in [-0.39, 0.29) is 117 Å². The Kier molecular flexibility index (Phi) is 30.5. The molecule has 476 valence electrons. The van der Waals surface area contributed by atoms with E-state index in [1.54, 1.807) is 32.6 Å². The number of unbranched alkanes of at least 4 members (excludes halogenated alkanes) is 12. The first-order valence-electron chi connectivity index (χ1n) is 30.4. The van der Waals surface area contributed by atoms with Crippen molar-refractivity contribution in [1.29, 1.82) is 0 Å².